The maximum atomic E-state index is 10.4. The van der Waals surface area contributed by atoms with Crippen LogP contribution >= 0.6 is 0 Å². The topological polar surface area (TPSA) is 66.0 Å². The highest BCUT2D eigenvalue weighted by Crippen LogP contribution is 2.45. The highest BCUT2D eigenvalue weighted by molar-refractivity contribution is 5.66. The smallest absolute Gasteiger partial charge is 0.303 e. The largest absolute Gasteiger partial charge is 0.481 e. The molecule has 0 radical (unpaired) electrons. The van der Waals surface area contributed by atoms with E-state index in [9.17, 15) is 4.79 Å². The molecule has 1 aliphatic carbocycles. The van der Waals surface area contributed by atoms with Crippen LogP contribution < -0.4 is 0 Å². The number of carboxylic acids is 1. The molecule has 1 heterocycles. The number of imidazole rings is 1. The standard InChI is InChI=1S/C10H14N2O2/c1-10(4-5-10)9-11-6-7(12-9)2-3-8(13)14/h6H,2-5H2,1H3,(H,11,12)(H,13,14). The summed E-state index contributed by atoms with van der Waals surface area (Å²) in [5.74, 6) is 0.247. The normalized spacial score (nSPS) is 18.1. The van der Waals surface area contributed by atoms with Crippen LogP contribution in [0.15, 0.2) is 6.20 Å². The summed E-state index contributed by atoms with van der Waals surface area (Å²) in [5.41, 5.74) is 1.16. The van der Waals surface area contributed by atoms with Gasteiger partial charge in [-0.3, -0.25) is 4.79 Å². The average Bonchev–Trinajstić information content (AvgIpc) is 2.70. The van der Waals surface area contributed by atoms with E-state index in [4.69, 9.17) is 5.11 Å². The van der Waals surface area contributed by atoms with E-state index in [0.29, 0.717) is 6.42 Å². The minimum atomic E-state index is -0.765. The van der Waals surface area contributed by atoms with Crippen molar-refractivity contribution in [3.05, 3.63) is 17.7 Å². The minimum absolute atomic E-state index is 0.165. The fourth-order valence-electron chi connectivity index (χ4n) is 1.46. The van der Waals surface area contributed by atoms with Gasteiger partial charge in [0.15, 0.2) is 0 Å². The number of aryl methyl sites for hydroxylation is 1. The summed E-state index contributed by atoms with van der Waals surface area (Å²) in [6, 6.07) is 0. The van der Waals surface area contributed by atoms with Gasteiger partial charge in [0.25, 0.3) is 0 Å². The van der Waals surface area contributed by atoms with Gasteiger partial charge in [-0.25, -0.2) is 4.98 Å². The fourth-order valence-corrected chi connectivity index (χ4v) is 1.46. The van der Waals surface area contributed by atoms with Gasteiger partial charge in [0.1, 0.15) is 5.82 Å². The molecule has 0 bridgehead atoms. The van der Waals surface area contributed by atoms with Gasteiger partial charge in [0.05, 0.1) is 6.42 Å². The van der Waals surface area contributed by atoms with Gasteiger partial charge in [0, 0.05) is 17.3 Å². The van der Waals surface area contributed by atoms with E-state index < -0.39 is 5.97 Å². The first kappa shape index (κ1) is 9.24. The van der Waals surface area contributed by atoms with Crippen molar-refractivity contribution in [3.63, 3.8) is 0 Å². The van der Waals surface area contributed by atoms with E-state index >= 15 is 0 Å². The van der Waals surface area contributed by atoms with Crippen LogP contribution in [0, 0.1) is 0 Å². The lowest BCUT2D eigenvalue weighted by Crippen LogP contribution is -2.03. The van der Waals surface area contributed by atoms with Crippen LogP contribution in [0.3, 0.4) is 0 Å². The average molecular weight is 194 g/mol. The maximum Gasteiger partial charge on any atom is 0.303 e. The Morgan fingerprint density at radius 1 is 1.71 bits per heavy atom. The predicted molar refractivity (Wildman–Crippen MR) is 51.1 cm³/mol. The molecule has 1 aromatic heterocycles. The highest BCUT2D eigenvalue weighted by atomic mass is 16.4. The quantitative estimate of drug-likeness (QED) is 0.762. The molecule has 2 rings (SSSR count). The van der Waals surface area contributed by atoms with Gasteiger partial charge in [-0.05, 0) is 19.3 Å². The second-order valence-electron chi connectivity index (χ2n) is 4.21. The molecule has 0 aliphatic heterocycles. The molecule has 0 atom stereocenters. The van der Waals surface area contributed by atoms with Crippen LogP contribution in [-0.4, -0.2) is 21.0 Å². The molecule has 0 aromatic carbocycles. The number of nitrogens with one attached hydrogen (secondary N) is 1. The number of hydrogen-bond donors (Lipinski definition) is 2. The van der Waals surface area contributed by atoms with Crippen molar-refractivity contribution in [3.8, 4) is 0 Å². The van der Waals surface area contributed by atoms with Gasteiger partial charge < -0.3 is 10.1 Å². The van der Waals surface area contributed by atoms with Crippen molar-refractivity contribution in [1.82, 2.24) is 9.97 Å². The Labute approximate surface area is 82.4 Å². The molecular formula is C10H14N2O2. The monoisotopic (exact) mass is 194 g/mol. The summed E-state index contributed by atoms with van der Waals surface area (Å²) >= 11 is 0. The summed E-state index contributed by atoms with van der Waals surface area (Å²) in [6.07, 6.45) is 4.82. The zero-order chi connectivity index (χ0) is 10.2. The Kier molecular flexibility index (Phi) is 2.06. The molecule has 1 aromatic rings. The number of aliphatic carboxylic acids is 1. The number of hydrogen-bond acceptors (Lipinski definition) is 2. The van der Waals surface area contributed by atoms with Gasteiger partial charge in [0.2, 0.25) is 0 Å². The Balaban J connectivity index is 1.99. The minimum Gasteiger partial charge on any atom is -0.481 e. The van der Waals surface area contributed by atoms with Crippen LogP contribution in [0.2, 0.25) is 0 Å². The SMILES string of the molecule is CC1(c2ncc(CCC(=O)O)[nH]2)CC1. The third kappa shape index (κ3) is 1.78. The third-order valence-corrected chi connectivity index (χ3v) is 2.81. The Hall–Kier alpha value is -1.32. The van der Waals surface area contributed by atoms with Crippen molar-refractivity contribution >= 4 is 5.97 Å². The van der Waals surface area contributed by atoms with Gasteiger partial charge in [-0.1, -0.05) is 6.92 Å². The summed E-state index contributed by atoms with van der Waals surface area (Å²) in [6.45, 7) is 2.17. The fraction of sp³-hybridized carbons (Fsp3) is 0.600. The summed E-state index contributed by atoms with van der Waals surface area (Å²) in [4.78, 5) is 17.8. The van der Waals surface area contributed by atoms with Crippen LogP contribution in [0.25, 0.3) is 0 Å². The maximum absolute atomic E-state index is 10.4. The van der Waals surface area contributed by atoms with E-state index in [0.717, 1.165) is 11.5 Å². The van der Waals surface area contributed by atoms with Gasteiger partial charge in [-0.15, -0.1) is 0 Å². The van der Waals surface area contributed by atoms with Crippen LogP contribution in [0.4, 0.5) is 0 Å². The molecule has 2 N–H and O–H groups in total. The molecule has 1 saturated carbocycles. The van der Waals surface area contributed by atoms with E-state index in [1.165, 1.54) is 12.8 Å². The Bertz CT molecular complexity index is 353. The first-order valence-corrected chi connectivity index (χ1v) is 4.86. The van der Waals surface area contributed by atoms with Gasteiger partial charge >= 0.3 is 5.97 Å². The first-order valence-electron chi connectivity index (χ1n) is 4.86. The lowest BCUT2D eigenvalue weighted by Gasteiger charge is -2.01. The zero-order valence-corrected chi connectivity index (χ0v) is 8.21. The number of nitrogens with zero attached hydrogens (tertiary/aromatic N) is 1. The molecule has 76 valence electrons. The summed E-state index contributed by atoms with van der Waals surface area (Å²) < 4.78 is 0. The molecule has 0 unspecified atom stereocenters. The lowest BCUT2D eigenvalue weighted by molar-refractivity contribution is -0.136. The van der Waals surface area contributed by atoms with Crippen molar-refractivity contribution in [2.24, 2.45) is 0 Å². The first-order chi connectivity index (χ1) is 6.60. The number of aromatic nitrogens is 2. The molecule has 1 aliphatic rings. The molecule has 0 saturated heterocycles. The van der Waals surface area contributed by atoms with E-state index in [-0.39, 0.29) is 11.8 Å². The molecule has 0 spiro atoms. The van der Waals surface area contributed by atoms with Crippen LogP contribution in [0.1, 0.15) is 37.7 Å². The molecular weight excluding hydrogens is 180 g/mol. The third-order valence-electron chi connectivity index (χ3n) is 2.81. The number of rotatable bonds is 4. The molecule has 4 nitrogen and oxygen atoms in total. The van der Waals surface area contributed by atoms with Crippen molar-refractivity contribution in [2.75, 3.05) is 0 Å². The molecule has 0 amide bonds. The lowest BCUT2D eigenvalue weighted by atomic mass is 10.1. The van der Waals surface area contributed by atoms with E-state index in [1.54, 1.807) is 6.20 Å². The second kappa shape index (κ2) is 3.12. The number of H-pyrrole nitrogens is 1. The number of aromatic amines is 1. The molecule has 14 heavy (non-hydrogen) atoms. The van der Waals surface area contributed by atoms with Crippen molar-refractivity contribution in [1.29, 1.82) is 0 Å². The van der Waals surface area contributed by atoms with Crippen molar-refractivity contribution < 1.29 is 9.90 Å². The summed E-state index contributed by atoms with van der Waals surface area (Å²) in [5, 5.41) is 8.52. The van der Waals surface area contributed by atoms with E-state index in [1.807, 2.05) is 0 Å². The zero-order valence-electron chi connectivity index (χ0n) is 8.21. The van der Waals surface area contributed by atoms with Gasteiger partial charge in [-0.2, -0.15) is 0 Å². The predicted octanol–water partition coefficient (Wildman–Crippen LogP) is 1.48. The second-order valence-corrected chi connectivity index (χ2v) is 4.21. The van der Waals surface area contributed by atoms with E-state index in [2.05, 4.69) is 16.9 Å². The number of carboxylic acid groups (broad SMARTS) is 1. The molecule has 4 heteroatoms. The van der Waals surface area contributed by atoms with Crippen molar-refractivity contribution in [2.45, 2.75) is 38.0 Å². The highest BCUT2D eigenvalue weighted by Gasteiger charge is 2.41. The van der Waals surface area contributed by atoms with Crippen LogP contribution in [-0.2, 0) is 16.6 Å². The molecule has 1 fully saturated rings. The Morgan fingerprint density at radius 2 is 2.43 bits per heavy atom. The van der Waals surface area contributed by atoms with Crippen LogP contribution in [0.5, 0.6) is 0 Å². The Morgan fingerprint density at radius 3 is 3.00 bits per heavy atom. The number of carbonyl (C=O) groups is 1. The summed E-state index contributed by atoms with van der Waals surface area (Å²) in [7, 11) is 0.